The van der Waals surface area contributed by atoms with Crippen LogP contribution < -0.4 is 0 Å². The van der Waals surface area contributed by atoms with Crippen molar-refractivity contribution >= 4 is 27.7 Å². The van der Waals surface area contributed by atoms with Gasteiger partial charge in [0.2, 0.25) is 0 Å². The van der Waals surface area contributed by atoms with Crippen molar-refractivity contribution in [1.29, 1.82) is 0 Å². The van der Waals surface area contributed by atoms with Gasteiger partial charge in [0, 0.05) is 12.6 Å². The third-order valence-corrected chi connectivity index (χ3v) is 5.19. The van der Waals surface area contributed by atoms with Gasteiger partial charge in [-0.2, -0.15) is 0 Å². The summed E-state index contributed by atoms with van der Waals surface area (Å²) in [6, 6.07) is 3.80. The molecule has 1 aliphatic carbocycles. The van der Waals surface area contributed by atoms with Crippen molar-refractivity contribution in [1.82, 2.24) is 9.97 Å². The number of carboxylic acid groups (broad SMARTS) is 1. The zero-order chi connectivity index (χ0) is 14.0. The number of rotatable bonds is 3. The van der Waals surface area contributed by atoms with Gasteiger partial charge in [0.05, 0.1) is 10.4 Å². The van der Waals surface area contributed by atoms with Gasteiger partial charge < -0.3 is 5.11 Å². The predicted octanol–water partition coefficient (Wildman–Crippen LogP) is 3.66. The third kappa shape index (κ3) is 2.54. The van der Waals surface area contributed by atoms with Gasteiger partial charge >= 0.3 is 5.97 Å². The average Bonchev–Trinajstić information content (AvgIpc) is 2.67. The number of fused-ring (bicyclic) bond motifs is 1. The summed E-state index contributed by atoms with van der Waals surface area (Å²) in [6.07, 6.45) is 8.15. The molecule has 4 nitrogen and oxygen atoms in total. The molecule has 2 heterocycles. The summed E-state index contributed by atoms with van der Waals surface area (Å²) in [5.41, 5.74) is 0.256. The number of thiazole rings is 1. The molecule has 0 amide bonds. The molecule has 0 aliphatic heterocycles. The Morgan fingerprint density at radius 3 is 2.70 bits per heavy atom. The van der Waals surface area contributed by atoms with Crippen LogP contribution in [0.4, 0.5) is 0 Å². The van der Waals surface area contributed by atoms with E-state index in [1.165, 1.54) is 11.3 Å². The van der Waals surface area contributed by atoms with Crippen molar-refractivity contribution in [2.24, 2.45) is 5.41 Å². The first-order chi connectivity index (χ1) is 9.70. The zero-order valence-electron chi connectivity index (χ0n) is 11.3. The second-order valence-corrected chi connectivity index (χ2v) is 6.67. The quantitative estimate of drug-likeness (QED) is 0.876. The molecular weight excluding hydrogens is 272 g/mol. The molecule has 1 fully saturated rings. The molecule has 2 aromatic rings. The number of hydrogen-bond acceptors (Lipinski definition) is 4. The lowest BCUT2D eigenvalue weighted by molar-refractivity contribution is -0.149. The number of hydrogen-bond donors (Lipinski definition) is 1. The molecule has 1 saturated carbocycles. The van der Waals surface area contributed by atoms with Crippen LogP contribution in [0.5, 0.6) is 0 Å². The summed E-state index contributed by atoms with van der Waals surface area (Å²) in [5, 5.41) is 10.6. The van der Waals surface area contributed by atoms with Crippen LogP contribution in [0.2, 0.25) is 0 Å². The van der Waals surface area contributed by atoms with E-state index < -0.39 is 11.4 Å². The number of carboxylic acids is 1. The SMILES string of the molecule is O=C(O)C1(Cc2nc3cccnc3s2)CCCCCC1. The maximum Gasteiger partial charge on any atom is 0.310 e. The molecule has 0 atom stereocenters. The summed E-state index contributed by atoms with van der Waals surface area (Å²) < 4.78 is 0. The average molecular weight is 290 g/mol. The smallest absolute Gasteiger partial charge is 0.310 e. The molecule has 0 radical (unpaired) electrons. The van der Waals surface area contributed by atoms with Gasteiger partial charge in [-0.3, -0.25) is 4.79 Å². The van der Waals surface area contributed by atoms with E-state index in [4.69, 9.17) is 0 Å². The Labute approximate surface area is 121 Å². The Balaban J connectivity index is 1.90. The normalized spacial score (nSPS) is 18.8. The molecule has 3 rings (SSSR count). The fraction of sp³-hybridized carbons (Fsp3) is 0.533. The number of aromatic nitrogens is 2. The van der Waals surface area contributed by atoms with Gasteiger partial charge in [0.25, 0.3) is 0 Å². The van der Waals surface area contributed by atoms with E-state index in [1.807, 2.05) is 12.1 Å². The van der Waals surface area contributed by atoms with Crippen LogP contribution >= 0.6 is 11.3 Å². The number of pyridine rings is 1. The van der Waals surface area contributed by atoms with Gasteiger partial charge in [0.15, 0.2) is 0 Å². The number of nitrogens with zero attached hydrogens (tertiary/aromatic N) is 2. The Morgan fingerprint density at radius 1 is 1.30 bits per heavy atom. The Hall–Kier alpha value is -1.49. The van der Waals surface area contributed by atoms with Gasteiger partial charge in [-0.15, -0.1) is 0 Å². The lowest BCUT2D eigenvalue weighted by Gasteiger charge is -2.26. The van der Waals surface area contributed by atoms with E-state index in [0.717, 1.165) is 53.9 Å². The van der Waals surface area contributed by atoms with E-state index >= 15 is 0 Å². The lowest BCUT2D eigenvalue weighted by Crippen LogP contribution is -2.32. The highest BCUT2D eigenvalue weighted by Gasteiger charge is 2.39. The second-order valence-electron chi connectivity index (χ2n) is 5.61. The molecule has 20 heavy (non-hydrogen) atoms. The Kier molecular flexibility index (Phi) is 3.70. The highest BCUT2D eigenvalue weighted by atomic mass is 32.1. The van der Waals surface area contributed by atoms with Crippen LogP contribution in [-0.4, -0.2) is 21.0 Å². The first-order valence-corrected chi connectivity index (χ1v) is 7.95. The van der Waals surface area contributed by atoms with Crippen molar-refractivity contribution < 1.29 is 9.90 Å². The van der Waals surface area contributed by atoms with E-state index in [9.17, 15) is 9.90 Å². The third-order valence-electron chi connectivity index (χ3n) is 4.21. The van der Waals surface area contributed by atoms with E-state index in [1.54, 1.807) is 6.20 Å². The topological polar surface area (TPSA) is 63.1 Å². The van der Waals surface area contributed by atoms with Gasteiger partial charge in [0.1, 0.15) is 10.3 Å². The largest absolute Gasteiger partial charge is 0.481 e. The maximum atomic E-state index is 11.8. The van der Waals surface area contributed by atoms with E-state index in [-0.39, 0.29) is 0 Å². The molecule has 106 valence electrons. The van der Waals surface area contributed by atoms with Crippen molar-refractivity contribution in [3.05, 3.63) is 23.3 Å². The fourth-order valence-corrected chi connectivity index (χ4v) is 4.10. The Morgan fingerprint density at radius 2 is 2.05 bits per heavy atom. The van der Waals surface area contributed by atoms with Crippen molar-refractivity contribution in [3.63, 3.8) is 0 Å². The molecule has 2 aromatic heterocycles. The van der Waals surface area contributed by atoms with Gasteiger partial charge in [-0.05, 0) is 25.0 Å². The second kappa shape index (κ2) is 5.48. The predicted molar refractivity (Wildman–Crippen MR) is 78.9 cm³/mol. The van der Waals surface area contributed by atoms with E-state index in [2.05, 4.69) is 9.97 Å². The summed E-state index contributed by atoms with van der Waals surface area (Å²) >= 11 is 1.53. The first-order valence-electron chi connectivity index (χ1n) is 7.13. The highest BCUT2D eigenvalue weighted by molar-refractivity contribution is 7.18. The monoisotopic (exact) mass is 290 g/mol. The zero-order valence-corrected chi connectivity index (χ0v) is 12.2. The molecule has 1 N–H and O–H groups in total. The maximum absolute atomic E-state index is 11.8. The van der Waals surface area contributed by atoms with Crippen molar-refractivity contribution in [2.45, 2.75) is 44.9 Å². The highest BCUT2D eigenvalue weighted by Crippen LogP contribution is 2.39. The van der Waals surface area contributed by atoms with Gasteiger partial charge in [-0.1, -0.05) is 37.0 Å². The molecule has 0 unspecified atom stereocenters. The van der Waals surface area contributed by atoms with Gasteiger partial charge in [-0.25, -0.2) is 9.97 Å². The van der Waals surface area contributed by atoms with Crippen LogP contribution in [0.3, 0.4) is 0 Å². The van der Waals surface area contributed by atoms with Crippen LogP contribution in [-0.2, 0) is 11.2 Å². The Bertz CT molecular complexity index is 582. The summed E-state index contributed by atoms with van der Waals surface area (Å²) in [4.78, 5) is 21.6. The minimum absolute atomic E-state index is 0.545. The van der Waals surface area contributed by atoms with Crippen LogP contribution in [0.15, 0.2) is 18.3 Å². The molecule has 0 aromatic carbocycles. The summed E-state index contributed by atoms with van der Waals surface area (Å²) in [7, 11) is 0. The van der Waals surface area contributed by atoms with Crippen molar-refractivity contribution in [3.8, 4) is 0 Å². The fourth-order valence-electron chi connectivity index (χ4n) is 3.05. The molecule has 0 bridgehead atoms. The van der Waals surface area contributed by atoms with E-state index in [0.29, 0.717) is 6.42 Å². The molecule has 5 heteroatoms. The number of aliphatic carboxylic acids is 1. The van der Waals surface area contributed by atoms with Crippen LogP contribution in [0, 0.1) is 5.41 Å². The van der Waals surface area contributed by atoms with Crippen LogP contribution in [0.25, 0.3) is 10.3 Å². The minimum Gasteiger partial charge on any atom is -0.481 e. The summed E-state index contributed by atoms with van der Waals surface area (Å²) in [6.45, 7) is 0. The van der Waals surface area contributed by atoms with Crippen LogP contribution in [0.1, 0.15) is 43.5 Å². The first kappa shape index (κ1) is 13.5. The summed E-state index contributed by atoms with van der Waals surface area (Å²) in [5.74, 6) is -0.661. The molecule has 1 aliphatic rings. The standard InChI is InChI=1S/C15H18N2O2S/c18-14(19)15(7-3-1-2-4-8-15)10-12-17-11-6-5-9-16-13(11)20-12/h5-6,9H,1-4,7-8,10H2,(H,18,19). The molecular formula is C15H18N2O2S. The number of carbonyl (C=O) groups is 1. The molecule has 0 spiro atoms. The molecule has 0 saturated heterocycles. The minimum atomic E-state index is -0.661. The lowest BCUT2D eigenvalue weighted by atomic mass is 9.78. The van der Waals surface area contributed by atoms with Crippen molar-refractivity contribution in [2.75, 3.05) is 0 Å².